The number of piperazine rings is 1. The Bertz CT molecular complexity index is 1940. The van der Waals surface area contributed by atoms with Crippen molar-refractivity contribution >= 4 is 57.1 Å². The van der Waals surface area contributed by atoms with Gasteiger partial charge in [-0.3, -0.25) is 9.59 Å². The maximum atomic E-state index is 16.0. The van der Waals surface area contributed by atoms with Gasteiger partial charge in [0.05, 0.1) is 10.9 Å². The molecule has 19 heteroatoms. The van der Waals surface area contributed by atoms with Crippen LogP contribution >= 0.6 is 11.6 Å². The van der Waals surface area contributed by atoms with E-state index in [-0.39, 0.29) is 91.1 Å². The summed E-state index contributed by atoms with van der Waals surface area (Å²) in [5.74, 6) is -4.84. The number of pyridine rings is 1. The molecule has 3 heterocycles. The molecule has 0 bridgehead atoms. The fraction of sp³-hybridized carbons (Fsp3) is 0.625. The molecule has 1 saturated carbocycles. The van der Waals surface area contributed by atoms with E-state index >= 15 is 8.78 Å². The lowest BCUT2D eigenvalue weighted by molar-refractivity contribution is -0.129. The molecule has 3 fully saturated rings. The maximum Gasteiger partial charge on any atom is 0.407 e. The van der Waals surface area contributed by atoms with Crippen molar-refractivity contribution in [2.75, 3.05) is 55.6 Å². The average Bonchev–Trinajstić information content (AvgIpc) is 3.52. The Morgan fingerprint density at radius 3 is 2.07 bits per heavy atom. The molecule has 2 aliphatic heterocycles. The fourth-order valence-corrected chi connectivity index (χ4v) is 9.00. The molecule has 0 unspecified atom stereocenters. The minimum absolute atomic E-state index is 0.0346. The normalized spacial score (nSPS) is 20.9. The zero-order chi connectivity index (χ0) is 43.3. The fourth-order valence-electron chi connectivity index (χ4n) is 7.37. The highest BCUT2D eigenvalue weighted by Gasteiger charge is 2.45. The molecule has 2 saturated heterocycles. The van der Waals surface area contributed by atoms with Crippen LogP contribution in [0, 0.1) is 11.8 Å². The average molecular weight is 868 g/mol. The molecule has 4 amide bonds. The molecule has 59 heavy (non-hydrogen) atoms. The van der Waals surface area contributed by atoms with E-state index in [4.69, 9.17) is 21.1 Å². The maximum absolute atomic E-state index is 16.0. The van der Waals surface area contributed by atoms with Crippen LogP contribution in [-0.2, 0) is 35.0 Å². The second-order valence-corrected chi connectivity index (χ2v) is 19.5. The second kappa shape index (κ2) is 18.5. The van der Waals surface area contributed by atoms with Crippen molar-refractivity contribution < 1.29 is 45.9 Å². The molecule has 3 aliphatic rings. The molecular formula is C40H56ClF2N7O8S. The van der Waals surface area contributed by atoms with Crippen LogP contribution < -0.4 is 25.8 Å². The summed E-state index contributed by atoms with van der Waals surface area (Å²) in [6.45, 7) is 11.9. The predicted molar refractivity (Wildman–Crippen MR) is 218 cm³/mol. The number of rotatable bonds is 12. The monoisotopic (exact) mass is 867 g/mol. The van der Waals surface area contributed by atoms with Crippen molar-refractivity contribution in [3.05, 3.63) is 47.1 Å². The van der Waals surface area contributed by atoms with E-state index < -0.39 is 51.3 Å². The standard InChI is InChI=1S/C40H56ClF2N7O8S/c1-38(2,3)57-36(53)45-17-7-16-44-35(52)26-8-10-27(11-9-26)40(42,43)28-22-32(41)47-33(23-28)48-18-20-49(21-19-48)59(55,56)31-14-12-30(13-15-31)50-25-29(24-34(50)51)46-37(54)58-39(4,5)6/h12-15,22-23,26-27,29H,7-11,16-21,24-25H2,1-6H3,(H,44,52)(H,45,53)(H,46,54)/t26-,27-,29-/m1/s1. The summed E-state index contributed by atoms with van der Waals surface area (Å²) in [6.07, 6.45) is 0.288. The number of amides is 4. The van der Waals surface area contributed by atoms with Gasteiger partial charge in [-0.15, -0.1) is 0 Å². The van der Waals surface area contributed by atoms with Crippen molar-refractivity contribution in [2.45, 2.75) is 108 Å². The van der Waals surface area contributed by atoms with Crippen LogP contribution in [0.4, 0.5) is 29.9 Å². The van der Waals surface area contributed by atoms with Gasteiger partial charge in [0.15, 0.2) is 0 Å². The number of halogens is 3. The summed E-state index contributed by atoms with van der Waals surface area (Å²) >= 11 is 6.29. The smallest absolute Gasteiger partial charge is 0.407 e. The van der Waals surface area contributed by atoms with Gasteiger partial charge in [0.25, 0.3) is 5.92 Å². The molecule has 1 aliphatic carbocycles. The highest BCUT2D eigenvalue weighted by atomic mass is 35.5. The lowest BCUT2D eigenvalue weighted by Crippen LogP contribution is -2.49. The molecule has 2 aromatic rings. The van der Waals surface area contributed by atoms with Crippen LogP contribution in [0.2, 0.25) is 5.15 Å². The van der Waals surface area contributed by atoms with Gasteiger partial charge in [-0.05, 0) is 110 Å². The Labute approximate surface area is 349 Å². The third-order valence-corrected chi connectivity index (χ3v) is 12.4. The Morgan fingerprint density at radius 2 is 1.46 bits per heavy atom. The van der Waals surface area contributed by atoms with Gasteiger partial charge in [0.1, 0.15) is 22.2 Å². The topological polar surface area (TPSA) is 180 Å². The summed E-state index contributed by atoms with van der Waals surface area (Å²) in [5, 5.41) is 8.07. The third kappa shape index (κ3) is 12.4. The van der Waals surface area contributed by atoms with E-state index in [1.807, 2.05) is 0 Å². The number of anilines is 2. The first-order chi connectivity index (χ1) is 27.5. The van der Waals surface area contributed by atoms with Gasteiger partial charge in [-0.1, -0.05) is 11.6 Å². The van der Waals surface area contributed by atoms with Gasteiger partial charge >= 0.3 is 12.2 Å². The van der Waals surface area contributed by atoms with Crippen molar-refractivity contribution in [2.24, 2.45) is 11.8 Å². The second-order valence-electron chi connectivity index (χ2n) is 17.2. The largest absolute Gasteiger partial charge is 0.444 e. The quantitative estimate of drug-likeness (QED) is 0.174. The molecule has 1 aromatic heterocycles. The number of sulfonamides is 1. The van der Waals surface area contributed by atoms with Crippen LogP contribution in [-0.4, -0.2) is 105 Å². The predicted octanol–water partition coefficient (Wildman–Crippen LogP) is 5.81. The Kier molecular flexibility index (Phi) is 14.4. The van der Waals surface area contributed by atoms with Gasteiger partial charge in [0, 0.05) is 75.3 Å². The Hall–Kier alpha value is -4.29. The zero-order valence-electron chi connectivity index (χ0n) is 34.5. The van der Waals surface area contributed by atoms with Crippen LogP contribution in [0.15, 0.2) is 41.3 Å². The minimum Gasteiger partial charge on any atom is -0.444 e. The number of nitrogens with one attached hydrogen (secondary N) is 3. The Morgan fingerprint density at radius 1 is 0.864 bits per heavy atom. The number of hydrogen-bond acceptors (Lipinski definition) is 10. The number of nitrogens with zero attached hydrogens (tertiary/aromatic N) is 4. The zero-order valence-corrected chi connectivity index (χ0v) is 36.1. The molecule has 3 N–H and O–H groups in total. The first kappa shape index (κ1) is 45.8. The number of ether oxygens (including phenoxy) is 2. The van der Waals surface area contributed by atoms with E-state index in [9.17, 15) is 27.6 Å². The lowest BCUT2D eigenvalue weighted by Gasteiger charge is -2.36. The van der Waals surface area contributed by atoms with Crippen LogP contribution in [0.25, 0.3) is 0 Å². The summed E-state index contributed by atoms with van der Waals surface area (Å²) in [5.41, 5.74) is -1.09. The van der Waals surface area contributed by atoms with Gasteiger partial charge in [-0.2, -0.15) is 4.31 Å². The van der Waals surface area contributed by atoms with Crippen molar-refractivity contribution in [3.8, 4) is 0 Å². The van der Waals surface area contributed by atoms with Crippen molar-refractivity contribution in [3.63, 3.8) is 0 Å². The number of hydrogen-bond donors (Lipinski definition) is 3. The molecule has 1 atom stereocenters. The molecule has 0 spiro atoms. The van der Waals surface area contributed by atoms with E-state index in [0.29, 0.717) is 38.0 Å². The number of carbonyl (C=O) groups excluding carboxylic acids is 4. The van der Waals surface area contributed by atoms with Gasteiger partial charge in [0.2, 0.25) is 21.8 Å². The van der Waals surface area contributed by atoms with Gasteiger partial charge in [-0.25, -0.2) is 31.8 Å². The molecule has 326 valence electrons. The Balaban J connectivity index is 1.10. The molecular weight excluding hydrogens is 812 g/mol. The number of carbonyl (C=O) groups is 4. The van der Waals surface area contributed by atoms with E-state index in [2.05, 4.69) is 20.9 Å². The number of aromatic nitrogens is 1. The van der Waals surface area contributed by atoms with Crippen LogP contribution in [0.1, 0.15) is 85.6 Å². The van der Waals surface area contributed by atoms with E-state index in [1.54, 1.807) is 58.6 Å². The molecule has 1 aromatic carbocycles. The third-order valence-electron chi connectivity index (χ3n) is 10.3. The molecule has 5 rings (SSSR count). The minimum atomic E-state index is -3.93. The van der Waals surface area contributed by atoms with E-state index in [1.165, 1.54) is 27.4 Å². The summed E-state index contributed by atoms with van der Waals surface area (Å²) in [6, 6.07) is 7.97. The summed E-state index contributed by atoms with van der Waals surface area (Å²) in [4.78, 5) is 57.0. The van der Waals surface area contributed by atoms with Crippen LogP contribution in [0.5, 0.6) is 0 Å². The van der Waals surface area contributed by atoms with Crippen LogP contribution in [0.3, 0.4) is 0 Å². The lowest BCUT2D eigenvalue weighted by atomic mass is 9.77. The number of benzene rings is 1. The SMILES string of the molecule is CC(C)(C)OC(=O)NCCCNC(=O)[C@H]1CC[C@H](C(F)(F)c2cc(Cl)nc(N3CCN(S(=O)(=O)c4ccc(N5C[C@H](NC(=O)OC(C)(C)C)CC5=O)cc4)CC3)c2)CC1. The summed E-state index contributed by atoms with van der Waals surface area (Å²) in [7, 11) is -3.93. The van der Waals surface area contributed by atoms with Crippen molar-refractivity contribution in [1.82, 2.24) is 25.2 Å². The molecule has 15 nitrogen and oxygen atoms in total. The van der Waals surface area contributed by atoms with E-state index in [0.717, 1.165) is 6.07 Å². The van der Waals surface area contributed by atoms with Gasteiger partial charge < -0.3 is 35.2 Å². The molecule has 0 radical (unpaired) electrons. The first-order valence-corrected chi connectivity index (χ1v) is 21.8. The summed E-state index contributed by atoms with van der Waals surface area (Å²) < 4.78 is 71.1. The van der Waals surface area contributed by atoms with Crippen molar-refractivity contribution in [1.29, 1.82) is 0 Å². The first-order valence-electron chi connectivity index (χ1n) is 20.0. The highest BCUT2D eigenvalue weighted by Crippen LogP contribution is 2.46. The number of alkyl halides is 2. The number of alkyl carbamates (subject to hydrolysis) is 2. The highest BCUT2D eigenvalue weighted by molar-refractivity contribution is 7.89.